The van der Waals surface area contributed by atoms with E-state index in [1.54, 1.807) is 12.3 Å². The number of rotatable bonds is 4. The molecule has 1 aromatic carbocycles. The highest BCUT2D eigenvalue weighted by Crippen LogP contribution is 2.52. The predicted octanol–water partition coefficient (Wildman–Crippen LogP) is 4.93. The van der Waals surface area contributed by atoms with Gasteiger partial charge in [-0.1, -0.05) is 20.8 Å². The number of aromatic nitrogens is 1. The number of hydrogen-bond acceptors (Lipinski definition) is 4. The van der Waals surface area contributed by atoms with Crippen LogP contribution in [0.5, 0.6) is 5.75 Å². The minimum Gasteiger partial charge on any atom is -0.482 e. The van der Waals surface area contributed by atoms with Gasteiger partial charge in [0.2, 0.25) is 0 Å². The number of aromatic amines is 1. The van der Waals surface area contributed by atoms with E-state index in [0.717, 1.165) is 36.7 Å². The van der Waals surface area contributed by atoms with Gasteiger partial charge in [-0.15, -0.1) is 0 Å². The van der Waals surface area contributed by atoms with Gasteiger partial charge in [0.25, 0.3) is 5.91 Å². The number of carbonyl (C=O) groups excluding carboxylic acids is 2. The highest BCUT2D eigenvalue weighted by Gasteiger charge is 2.51. The van der Waals surface area contributed by atoms with Crippen LogP contribution in [0.3, 0.4) is 0 Å². The maximum Gasteiger partial charge on any atom is 0.344 e. The van der Waals surface area contributed by atoms with Crippen LogP contribution < -0.4 is 4.74 Å². The van der Waals surface area contributed by atoms with Crippen LogP contribution in [0.4, 0.5) is 0 Å². The van der Waals surface area contributed by atoms with Crippen LogP contribution in [-0.2, 0) is 9.53 Å². The molecular weight excluding hydrogens is 392 g/mol. The lowest BCUT2D eigenvalue weighted by molar-refractivity contribution is -0.157. The van der Waals surface area contributed by atoms with E-state index in [1.165, 1.54) is 0 Å². The lowest BCUT2D eigenvalue weighted by Crippen LogP contribution is -2.37. The summed E-state index contributed by atoms with van der Waals surface area (Å²) in [6.07, 6.45) is 5.10. The number of amides is 1. The third kappa shape index (κ3) is 4.58. The van der Waals surface area contributed by atoms with Crippen molar-refractivity contribution in [1.82, 2.24) is 9.88 Å². The van der Waals surface area contributed by atoms with E-state index in [4.69, 9.17) is 9.47 Å². The van der Waals surface area contributed by atoms with E-state index in [2.05, 4.69) is 30.7 Å². The van der Waals surface area contributed by atoms with Gasteiger partial charge < -0.3 is 19.4 Å². The van der Waals surface area contributed by atoms with E-state index >= 15 is 0 Å². The summed E-state index contributed by atoms with van der Waals surface area (Å²) in [4.78, 5) is 30.6. The number of H-pyrrole nitrogens is 1. The molecule has 6 nitrogen and oxygen atoms in total. The van der Waals surface area contributed by atoms with Gasteiger partial charge >= 0.3 is 5.97 Å². The molecule has 1 aromatic heterocycles. The van der Waals surface area contributed by atoms with E-state index in [0.29, 0.717) is 17.4 Å². The summed E-state index contributed by atoms with van der Waals surface area (Å²) in [6.45, 7) is 13.1. The van der Waals surface area contributed by atoms with Gasteiger partial charge in [0.1, 0.15) is 11.4 Å². The summed E-state index contributed by atoms with van der Waals surface area (Å²) in [5, 5.41) is 0.875. The molecule has 1 N–H and O–H groups in total. The second-order valence-corrected chi connectivity index (χ2v) is 11.4. The normalized spacial score (nSPS) is 25.0. The number of hydrogen-bond donors (Lipinski definition) is 1. The Labute approximate surface area is 184 Å². The van der Waals surface area contributed by atoms with Crippen LogP contribution in [0.15, 0.2) is 24.4 Å². The fourth-order valence-corrected chi connectivity index (χ4v) is 5.74. The summed E-state index contributed by atoms with van der Waals surface area (Å²) in [5.41, 5.74) is 1.45. The van der Waals surface area contributed by atoms with E-state index in [9.17, 15) is 9.59 Å². The summed E-state index contributed by atoms with van der Waals surface area (Å²) < 4.78 is 10.9. The lowest BCUT2D eigenvalue weighted by Gasteiger charge is -2.39. The molecule has 168 valence electrons. The van der Waals surface area contributed by atoms with Gasteiger partial charge in [-0.05, 0) is 63.0 Å². The lowest BCUT2D eigenvalue weighted by atomic mass is 9.65. The molecule has 2 atom stereocenters. The number of benzene rings is 1. The topological polar surface area (TPSA) is 71.6 Å². The van der Waals surface area contributed by atoms with Crippen LogP contribution >= 0.6 is 0 Å². The molecule has 1 saturated heterocycles. The van der Waals surface area contributed by atoms with Gasteiger partial charge in [-0.25, -0.2) is 4.79 Å². The van der Waals surface area contributed by atoms with Gasteiger partial charge in [-0.3, -0.25) is 4.79 Å². The maximum atomic E-state index is 13.5. The molecule has 2 aliphatic rings. The Morgan fingerprint density at radius 2 is 1.94 bits per heavy atom. The molecule has 2 unspecified atom stereocenters. The van der Waals surface area contributed by atoms with Crippen molar-refractivity contribution in [2.45, 2.75) is 72.4 Å². The summed E-state index contributed by atoms with van der Waals surface area (Å²) in [7, 11) is 0. The maximum absolute atomic E-state index is 13.5. The summed E-state index contributed by atoms with van der Waals surface area (Å²) >= 11 is 0. The molecule has 2 bridgehead atoms. The molecule has 6 heteroatoms. The van der Waals surface area contributed by atoms with Gasteiger partial charge in [0.15, 0.2) is 6.61 Å². The zero-order chi connectivity index (χ0) is 22.6. The number of carbonyl (C=O) groups is 2. The zero-order valence-electron chi connectivity index (χ0n) is 19.5. The molecule has 0 spiro atoms. The first-order valence-electron chi connectivity index (χ1n) is 11.1. The average molecular weight is 427 g/mol. The number of esters is 1. The molecule has 0 radical (unpaired) electrons. The first-order chi connectivity index (χ1) is 14.3. The zero-order valence-corrected chi connectivity index (χ0v) is 19.5. The molecular formula is C25H34N2O4. The Balaban J connectivity index is 1.49. The molecule has 1 saturated carbocycles. The van der Waals surface area contributed by atoms with Crippen molar-refractivity contribution < 1.29 is 19.1 Å². The molecule has 2 heterocycles. The Kier molecular flexibility index (Phi) is 5.10. The molecule has 2 aromatic rings. The second kappa shape index (κ2) is 7.28. The first kappa shape index (κ1) is 21.7. The third-order valence-corrected chi connectivity index (χ3v) is 6.34. The fourth-order valence-electron chi connectivity index (χ4n) is 5.74. The molecule has 2 fully saturated rings. The predicted molar refractivity (Wildman–Crippen MR) is 120 cm³/mol. The van der Waals surface area contributed by atoms with Crippen LogP contribution in [0.2, 0.25) is 0 Å². The Morgan fingerprint density at radius 1 is 1.19 bits per heavy atom. The highest BCUT2D eigenvalue weighted by atomic mass is 16.6. The van der Waals surface area contributed by atoms with Gasteiger partial charge in [0, 0.05) is 35.8 Å². The number of nitrogens with one attached hydrogen (secondary N) is 1. The molecule has 31 heavy (non-hydrogen) atoms. The minimum absolute atomic E-state index is 0.0973. The standard InChI is InChI=1S/C25H34N2O4/c1-23(2,3)31-21(28)13-30-17-7-8-18-19(12-26-20(18)9-17)22(29)27-15-25(6)11-16(27)10-24(4,5)14-25/h7-9,12,16,26H,10-11,13-15H2,1-6H3. The molecule has 1 amide bonds. The van der Waals surface area contributed by atoms with Crippen LogP contribution in [0.1, 0.15) is 71.2 Å². The van der Waals surface area contributed by atoms with Crippen LogP contribution in [0, 0.1) is 10.8 Å². The smallest absolute Gasteiger partial charge is 0.344 e. The summed E-state index contributed by atoms with van der Waals surface area (Å²) in [6, 6.07) is 5.81. The molecule has 4 rings (SSSR count). The van der Waals surface area contributed by atoms with E-state index in [1.807, 2.05) is 32.9 Å². The van der Waals surface area contributed by atoms with Crippen molar-refractivity contribution in [3.05, 3.63) is 30.0 Å². The average Bonchev–Trinajstić information content (AvgIpc) is 3.14. The van der Waals surface area contributed by atoms with Crippen molar-refractivity contribution in [1.29, 1.82) is 0 Å². The highest BCUT2D eigenvalue weighted by molar-refractivity contribution is 6.07. The third-order valence-electron chi connectivity index (χ3n) is 6.34. The van der Waals surface area contributed by atoms with E-state index in [-0.39, 0.29) is 23.3 Å². The number of fused-ring (bicyclic) bond motifs is 3. The van der Waals surface area contributed by atoms with Crippen LogP contribution in [-0.4, -0.2) is 46.6 Å². The molecule has 1 aliphatic carbocycles. The van der Waals surface area contributed by atoms with Crippen molar-refractivity contribution in [3.8, 4) is 5.75 Å². The Hall–Kier alpha value is -2.50. The summed E-state index contributed by atoms with van der Waals surface area (Å²) in [5.74, 6) is 0.247. The van der Waals surface area contributed by atoms with Crippen LogP contribution in [0.25, 0.3) is 10.9 Å². The quantitative estimate of drug-likeness (QED) is 0.704. The minimum atomic E-state index is -0.542. The Bertz CT molecular complexity index is 1020. The monoisotopic (exact) mass is 426 g/mol. The second-order valence-electron chi connectivity index (χ2n) is 11.4. The number of likely N-dealkylation sites (tertiary alicyclic amines) is 1. The SMILES string of the molecule is CC1(C)CC2CC(C)(CN2C(=O)c2c[nH]c3cc(OCC(=O)OC(C)(C)C)ccc23)C1. The number of ether oxygens (including phenoxy) is 2. The van der Waals surface area contributed by atoms with Crippen molar-refractivity contribution in [2.75, 3.05) is 13.2 Å². The van der Waals surface area contributed by atoms with Gasteiger partial charge in [0.05, 0.1) is 5.56 Å². The Morgan fingerprint density at radius 3 is 2.65 bits per heavy atom. The molecule has 1 aliphatic heterocycles. The number of nitrogens with zero attached hydrogens (tertiary/aromatic N) is 1. The van der Waals surface area contributed by atoms with Crippen molar-refractivity contribution in [2.24, 2.45) is 10.8 Å². The van der Waals surface area contributed by atoms with E-state index < -0.39 is 11.6 Å². The van der Waals surface area contributed by atoms with Crippen molar-refractivity contribution in [3.63, 3.8) is 0 Å². The first-order valence-corrected chi connectivity index (χ1v) is 11.1. The fraction of sp³-hybridized carbons (Fsp3) is 0.600. The van der Waals surface area contributed by atoms with Crippen molar-refractivity contribution >= 4 is 22.8 Å². The largest absolute Gasteiger partial charge is 0.482 e. The van der Waals surface area contributed by atoms with Gasteiger partial charge in [-0.2, -0.15) is 0 Å².